The molecule has 17 heavy (non-hydrogen) atoms. The van der Waals surface area contributed by atoms with Gasteiger partial charge in [-0.25, -0.2) is 0 Å². The van der Waals surface area contributed by atoms with Crippen LogP contribution in [0.3, 0.4) is 0 Å². The summed E-state index contributed by atoms with van der Waals surface area (Å²) in [6, 6.07) is 4.36. The van der Waals surface area contributed by atoms with Gasteiger partial charge in [-0.15, -0.1) is 0 Å². The second kappa shape index (κ2) is 5.64. The van der Waals surface area contributed by atoms with Crippen molar-refractivity contribution in [3.8, 4) is 0 Å². The van der Waals surface area contributed by atoms with Crippen LogP contribution in [0.25, 0.3) is 0 Å². The number of hydrogen-bond acceptors (Lipinski definition) is 3. The highest BCUT2D eigenvalue weighted by Crippen LogP contribution is 2.20. The summed E-state index contributed by atoms with van der Waals surface area (Å²) < 4.78 is 5.12. The van der Waals surface area contributed by atoms with Crippen LogP contribution < -0.4 is 5.32 Å². The number of aryl methyl sites for hydroxylation is 1. The van der Waals surface area contributed by atoms with Gasteiger partial charge in [0.25, 0.3) is 0 Å². The van der Waals surface area contributed by atoms with Gasteiger partial charge in [-0.2, -0.15) is 0 Å². The Hall–Kier alpha value is -1.61. The molecule has 1 atom stereocenters. The largest absolute Gasteiger partial charge is 0.472 e. The Morgan fingerprint density at radius 1 is 1.41 bits per heavy atom. The summed E-state index contributed by atoms with van der Waals surface area (Å²) in [5.41, 5.74) is 3.74. The first-order valence-electron chi connectivity index (χ1n) is 5.96. The van der Waals surface area contributed by atoms with E-state index in [1.165, 1.54) is 16.7 Å². The Bertz CT molecular complexity index is 451. The first-order chi connectivity index (χ1) is 8.31. The minimum absolute atomic E-state index is 0.297. The van der Waals surface area contributed by atoms with E-state index in [1.54, 1.807) is 12.5 Å². The second-order valence-corrected chi connectivity index (χ2v) is 4.18. The van der Waals surface area contributed by atoms with Crippen LogP contribution in [0.2, 0.25) is 0 Å². The highest BCUT2D eigenvalue weighted by atomic mass is 16.3. The van der Waals surface area contributed by atoms with E-state index < -0.39 is 0 Å². The molecule has 0 saturated heterocycles. The molecule has 0 spiro atoms. The van der Waals surface area contributed by atoms with Crippen molar-refractivity contribution in [1.82, 2.24) is 10.3 Å². The third-order valence-corrected chi connectivity index (χ3v) is 2.93. The summed E-state index contributed by atoms with van der Waals surface area (Å²) in [5, 5.41) is 3.50. The molecule has 1 N–H and O–H groups in total. The summed E-state index contributed by atoms with van der Waals surface area (Å²) in [6.07, 6.45) is 8.23. The third-order valence-electron chi connectivity index (χ3n) is 2.93. The number of furan rings is 1. The van der Waals surface area contributed by atoms with Gasteiger partial charge in [0.1, 0.15) is 0 Å². The fourth-order valence-corrected chi connectivity index (χ4v) is 2.02. The Morgan fingerprint density at radius 3 is 2.94 bits per heavy atom. The fraction of sp³-hybridized carbons (Fsp3) is 0.357. The van der Waals surface area contributed by atoms with Gasteiger partial charge in [0.05, 0.1) is 12.5 Å². The van der Waals surface area contributed by atoms with E-state index in [4.69, 9.17) is 4.42 Å². The fourth-order valence-electron chi connectivity index (χ4n) is 2.02. The molecule has 2 aromatic rings. The maximum absolute atomic E-state index is 5.12. The smallest absolute Gasteiger partial charge is 0.0935 e. The Morgan fingerprint density at radius 2 is 2.29 bits per heavy atom. The number of aromatic nitrogens is 1. The van der Waals surface area contributed by atoms with Gasteiger partial charge < -0.3 is 9.73 Å². The van der Waals surface area contributed by atoms with E-state index in [9.17, 15) is 0 Å². The zero-order valence-electron chi connectivity index (χ0n) is 10.3. The highest BCUT2D eigenvalue weighted by molar-refractivity contribution is 5.27. The van der Waals surface area contributed by atoms with Crippen molar-refractivity contribution in [3.05, 3.63) is 53.7 Å². The van der Waals surface area contributed by atoms with Crippen molar-refractivity contribution in [2.24, 2.45) is 0 Å². The maximum atomic E-state index is 5.12. The molecule has 0 bridgehead atoms. The van der Waals surface area contributed by atoms with E-state index in [2.05, 4.69) is 30.2 Å². The average molecular weight is 230 g/mol. The van der Waals surface area contributed by atoms with Crippen LogP contribution in [0.4, 0.5) is 0 Å². The lowest BCUT2D eigenvalue weighted by molar-refractivity contribution is 0.532. The molecule has 3 nitrogen and oxygen atoms in total. The van der Waals surface area contributed by atoms with Gasteiger partial charge in [0.15, 0.2) is 0 Å². The number of rotatable bonds is 5. The first kappa shape index (κ1) is 11.9. The molecule has 0 radical (unpaired) electrons. The van der Waals surface area contributed by atoms with E-state index in [0.717, 1.165) is 13.0 Å². The lowest BCUT2D eigenvalue weighted by Gasteiger charge is -2.19. The lowest BCUT2D eigenvalue weighted by atomic mass is 9.98. The molecule has 0 aliphatic carbocycles. The number of likely N-dealkylation sites (N-methyl/N-ethyl adjacent to an activating group) is 1. The summed E-state index contributed by atoms with van der Waals surface area (Å²) in [4.78, 5) is 4.21. The predicted octanol–water partition coefficient (Wildman–Crippen LogP) is 2.88. The second-order valence-electron chi connectivity index (χ2n) is 4.18. The summed E-state index contributed by atoms with van der Waals surface area (Å²) in [5.74, 6) is 0. The van der Waals surface area contributed by atoms with Crippen molar-refractivity contribution < 1.29 is 4.42 Å². The van der Waals surface area contributed by atoms with Crippen LogP contribution in [-0.2, 0) is 6.42 Å². The summed E-state index contributed by atoms with van der Waals surface area (Å²) in [6.45, 7) is 5.18. The van der Waals surface area contributed by atoms with Gasteiger partial charge in [-0.3, -0.25) is 4.98 Å². The summed E-state index contributed by atoms with van der Waals surface area (Å²) >= 11 is 0. The minimum atomic E-state index is 0.297. The van der Waals surface area contributed by atoms with Crippen LogP contribution in [0.15, 0.2) is 41.5 Å². The molecule has 90 valence electrons. The van der Waals surface area contributed by atoms with Gasteiger partial charge in [0, 0.05) is 18.4 Å². The van der Waals surface area contributed by atoms with E-state index in [1.807, 2.05) is 18.5 Å². The van der Waals surface area contributed by atoms with Crippen LogP contribution in [0.1, 0.15) is 29.7 Å². The maximum Gasteiger partial charge on any atom is 0.0935 e. The molecule has 1 unspecified atom stereocenters. The molecule has 2 aromatic heterocycles. The predicted molar refractivity (Wildman–Crippen MR) is 67.8 cm³/mol. The number of nitrogens with zero attached hydrogens (tertiary/aromatic N) is 1. The molecule has 0 fully saturated rings. The van der Waals surface area contributed by atoms with E-state index in [0.29, 0.717) is 6.04 Å². The molecule has 0 amide bonds. The van der Waals surface area contributed by atoms with Crippen molar-refractivity contribution in [3.63, 3.8) is 0 Å². The SMILES string of the molecule is CCNC(Cc1ccoc1)c1cnccc1C. The Balaban J connectivity index is 2.20. The molecule has 0 aliphatic heterocycles. The molecule has 0 aliphatic rings. The average Bonchev–Trinajstić information content (AvgIpc) is 2.82. The van der Waals surface area contributed by atoms with Crippen molar-refractivity contribution in [2.75, 3.05) is 6.54 Å². The molecular formula is C14H18N2O. The molecule has 0 saturated carbocycles. The third kappa shape index (κ3) is 2.94. The van der Waals surface area contributed by atoms with Gasteiger partial charge in [0.2, 0.25) is 0 Å². The van der Waals surface area contributed by atoms with Crippen molar-refractivity contribution in [2.45, 2.75) is 26.3 Å². The highest BCUT2D eigenvalue weighted by Gasteiger charge is 2.13. The van der Waals surface area contributed by atoms with Crippen molar-refractivity contribution >= 4 is 0 Å². The number of nitrogens with one attached hydrogen (secondary N) is 1. The van der Waals surface area contributed by atoms with Crippen LogP contribution in [0.5, 0.6) is 0 Å². The standard InChI is InChI=1S/C14H18N2O/c1-3-16-14(8-12-5-7-17-10-12)13-9-15-6-4-11(13)2/h4-7,9-10,14,16H,3,8H2,1-2H3. The van der Waals surface area contributed by atoms with Gasteiger partial charge >= 0.3 is 0 Å². The number of pyridine rings is 1. The normalized spacial score (nSPS) is 12.6. The molecule has 3 heteroatoms. The topological polar surface area (TPSA) is 38.1 Å². The van der Waals surface area contributed by atoms with Crippen LogP contribution in [-0.4, -0.2) is 11.5 Å². The van der Waals surface area contributed by atoms with E-state index >= 15 is 0 Å². The van der Waals surface area contributed by atoms with E-state index in [-0.39, 0.29) is 0 Å². The molecular weight excluding hydrogens is 212 g/mol. The minimum Gasteiger partial charge on any atom is -0.472 e. The lowest BCUT2D eigenvalue weighted by Crippen LogP contribution is -2.23. The Kier molecular flexibility index (Phi) is 3.94. The summed E-state index contributed by atoms with van der Waals surface area (Å²) in [7, 11) is 0. The van der Waals surface area contributed by atoms with Crippen molar-refractivity contribution in [1.29, 1.82) is 0 Å². The van der Waals surface area contributed by atoms with Gasteiger partial charge in [-0.1, -0.05) is 6.92 Å². The zero-order valence-corrected chi connectivity index (χ0v) is 10.3. The van der Waals surface area contributed by atoms with Crippen LogP contribution >= 0.6 is 0 Å². The quantitative estimate of drug-likeness (QED) is 0.858. The van der Waals surface area contributed by atoms with Crippen LogP contribution in [0, 0.1) is 6.92 Å². The monoisotopic (exact) mass is 230 g/mol. The first-order valence-corrected chi connectivity index (χ1v) is 5.96. The Labute approximate surface area is 102 Å². The number of hydrogen-bond donors (Lipinski definition) is 1. The molecule has 0 aromatic carbocycles. The molecule has 2 rings (SSSR count). The zero-order chi connectivity index (χ0) is 12.1. The van der Waals surface area contributed by atoms with Gasteiger partial charge in [-0.05, 0) is 48.7 Å². The molecule has 2 heterocycles.